The predicted molar refractivity (Wildman–Crippen MR) is 91.9 cm³/mol. The summed E-state index contributed by atoms with van der Waals surface area (Å²) < 4.78 is 0. The summed E-state index contributed by atoms with van der Waals surface area (Å²) in [4.78, 5) is 12.1. The standard InChI is InChI=1S/C18H22BNO3/c1-13-8-9-16(14(2)10-13)12-17(19(22)23)20-18(21)11-15-6-4-3-5-7-15/h3-10,17,22-23H,11-12H2,1-2H3,(H,20,21). The lowest BCUT2D eigenvalue weighted by Crippen LogP contribution is -2.48. The molecule has 5 heteroatoms. The van der Waals surface area contributed by atoms with Crippen molar-refractivity contribution in [1.29, 1.82) is 0 Å². The second-order valence-electron chi connectivity index (χ2n) is 5.88. The van der Waals surface area contributed by atoms with Crippen LogP contribution >= 0.6 is 0 Å². The summed E-state index contributed by atoms with van der Waals surface area (Å²) in [5, 5.41) is 21.9. The highest BCUT2D eigenvalue weighted by molar-refractivity contribution is 6.43. The second kappa shape index (κ2) is 7.95. The van der Waals surface area contributed by atoms with Crippen molar-refractivity contribution >= 4 is 13.0 Å². The van der Waals surface area contributed by atoms with Crippen LogP contribution in [0, 0.1) is 13.8 Å². The van der Waals surface area contributed by atoms with E-state index in [1.807, 2.05) is 62.4 Å². The predicted octanol–water partition coefficient (Wildman–Crippen LogP) is 1.59. The molecule has 0 saturated heterocycles. The van der Waals surface area contributed by atoms with Gasteiger partial charge in [-0.15, -0.1) is 0 Å². The smallest absolute Gasteiger partial charge is 0.426 e. The first kappa shape index (κ1) is 17.3. The largest absolute Gasteiger partial charge is 0.475 e. The minimum absolute atomic E-state index is 0.219. The van der Waals surface area contributed by atoms with Crippen LogP contribution in [0.5, 0.6) is 0 Å². The molecule has 1 amide bonds. The number of hydrogen-bond donors (Lipinski definition) is 3. The van der Waals surface area contributed by atoms with Crippen LogP contribution in [-0.4, -0.2) is 29.0 Å². The maximum Gasteiger partial charge on any atom is 0.475 e. The van der Waals surface area contributed by atoms with Gasteiger partial charge in [-0.2, -0.15) is 0 Å². The van der Waals surface area contributed by atoms with E-state index in [1.54, 1.807) is 0 Å². The summed E-state index contributed by atoms with van der Waals surface area (Å²) in [6.45, 7) is 3.99. The average Bonchev–Trinajstić information content (AvgIpc) is 2.50. The third kappa shape index (κ3) is 5.23. The highest BCUT2D eigenvalue weighted by atomic mass is 16.4. The lowest BCUT2D eigenvalue weighted by Gasteiger charge is -2.19. The van der Waals surface area contributed by atoms with Crippen molar-refractivity contribution in [3.05, 3.63) is 70.8 Å². The van der Waals surface area contributed by atoms with E-state index >= 15 is 0 Å². The van der Waals surface area contributed by atoms with Crippen molar-refractivity contribution in [2.75, 3.05) is 0 Å². The van der Waals surface area contributed by atoms with E-state index in [9.17, 15) is 14.8 Å². The number of hydrogen-bond acceptors (Lipinski definition) is 3. The van der Waals surface area contributed by atoms with E-state index in [2.05, 4.69) is 5.32 Å². The molecule has 3 N–H and O–H groups in total. The van der Waals surface area contributed by atoms with Crippen molar-refractivity contribution in [1.82, 2.24) is 5.32 Å². The van der Waals surface area contributed by atoms with Gasteiger partial charge in [0.25, 0.3) is 0 Å². The summed E-state index contributed by atoms with van der Waals surface area (Å²) in [5.74, 6) is -0.952. The number of amides is 1. The van der Waals surface area contributed by atoms with Gasteiger partial charge in [-0.05, 0) is 37.0 Å². The first-order valence-electron chi connectivity index (χ1n) is 7.71. The zero-order valence-corrected chi connectivity index (χ0v) is 13.5. The molecule has 0 radical (unpaired) electrons. The molecule has 2 aromatic rings. The van der Waals surface area contributed by atoms with Gasteiger partial charge in [0.15, 0.2) is 0 Å². The summed E-state index contributed by atoms with van der Waals surface area (Å²) in [6.07, 6.45) is 0.598. The fraction of sp³-hybridized carbons (Fsp3) is 0.278. The van der Waals surface area contributed by atoms with Crippen LogP contribution < -0.4 is 5.32 Å². The Morgan fingerprint density at radius 2 is 1.83 bits per heavy atom. The van der Waals surface area contributed by atoms with Crippen molar-refractivity contribution in [3.63, 3.8) is 0 Å². The quantitative estimate of drug-likeness (QED) is 0.710. The van der Waals surface area contributed by atoms with E-state index in [-0.39, 0.29) is 12.3 Å². The van der Waals surface area contributed by atoms with Gasteiger partial charge in [-0.25, -0.2) is 0 Å². The zero-order chi connectivity index (χ0) is 16.8. The zero-order valence-electron chi connectivity index (χ0n) is 13.5. The SMILES string of the molecule is Cc1ccc(CC(NC(=O)Cc2ccccc2)B(O)O)c(C)c1. The molecule has 0 aliphatic carbocycles. The average molecular weight is 311 g/mol. The minimum Gasteiger partial charge on any atom is -0.426 e. The molecular weight excluding hydrogens is 289 g/mol. The van der Waals surface area contributed by atoms with Gasteiger partial charge in [-0.3, -0.25) is 4.79 Å². The minimum atomic E-state index is -1.60. The van der Waals surface area contributed by atoms with Crippen molar-refractivity contribution in [3.8, 4) is 0 Å². The maximum atomic E-state index is 12.1. The number of rotatable bonds is 6. The van der Waals surface area contributed by atoms with Crippen LogP contribution in [0.15, 0.2) is 48.5 Å². The van der Waals surface area contributed by atoms with Gasteiger partial charge < -0.3 is 15.4 Å². The lowest BCUT2D eigenvalue weighted by molar-refractivity contribution is -0.120. The Morgan fingerprint density at radius 3 is 2.43 bits per heavy atom. The maximum absolute atomic E-state index is 12.1. The van der Waals surface area contributed by atoms with Gasteiger partial charge in [-0.1, -0.05) is 54.1 Å². The van der Waals surface area contributed by atoms with E-state index in [1.165, 1.54) is 0 Å². The fourth-order valence-corrected chi connectivity index (χ4v) is 2.58. The number of aryl methyl sites for hydroxylation is 2. The molecule has 0 aliphatic heterocycles. The molecule has 0 saturated carbocycles. The third-order valence-corrected chi connectivity index (χ3v) is 3.85. The first-order valence-corrected chi connectivity index (χ1v) is 7.71. The molecule has 0 aliphatic rings. The van der Waals surface area contributed by atoms with Gasteiger partial charge in [0, 0.05) is 0 Å². The lowest BCUT2D eigenvalue weighted by atomic mass is 9.75. The molecule has 4 nitrogen and oxygen atoms in total. The number of nitrogens with one attached hydrogen (secondary N) is 1. The highest BCUT2D eigenvalue weighted by Gasteiger charge is 2.26. The van der Waals surface area contributed by atoms with Crippen LogP contribution in [0.25, 0.3) is 0 Å². The van der Waals surface area contributed by atoms with Crippen LogP contribution in [-0.2, 0) is 17.6 Å². The Kier molecular flexibility index (Phi) is 5.96. The number of benzene rings is 2. The number of carbonyl (C=O) groups excluding carboxylic acids is 1. The van der Waals surface area contributed by atoms with E-state index in [0.29, 0.717) is 6.42 Å². The van der Waals surface area contributed by atoms with E-state index in [4.69, 9.17) is 0 Å². The molecule has 0 spiro atoms. The van der Waals surface area contributed by atoms with Gasteiger partial charge >= 0.3 is 7.12 Å². The number of carbonyl (C=O) groups is 1. The molecule has 23 heavy (non-hydrogen) atoms. The summed E-state index contributed by atoms with van der Waals surface area (Å²) in [7, 11) is -1.60. The Balaban J connectivity index is 2.02. The summed E-state index contributed by atoms with van der Waals surface area (Å²) in [5.41, 5.74) is 4.12. The molecule has 1 atom stereocenters. The Hall–Kier alpha value is -2.11. The molecule has 1 unspecified atom stereocenters. The molecular formula is C18H22BNO3. The molecule has 0 bridgehead atoms. The van der Waals surface area contributed by atoms with Crippen LogP contribution in [0.1, 0.15) is 22.3 Å². The molecule has 0 aromatic heterocycles. The normalized spacial score (nSPS) is 11.8. The molecule has 2 rings (SSSR count). The van der Waals surface area contributed by atoms with Gasteiger partial charge in [0.1, 0.15) is 0 Å². The fourth-order valence-electron chi connectivity index (χ4n) is 2.58. The highest BCUT2D eigenvalue weighted by Crippen LogP contribution is 2.13. The Bertz CT molecular complexity index is 659. The summed E-state index contributed by atoms with van der Waals surface area (Å²) in [6, 6.07) is 15.4. The topological polar surface area (TPSA) is 69.6 Å². The second-order valence-corrected chi connectivity index (χ2v) is 5.88. The first-order chi connectivity index (χ1) is 11.0. The third-order valence-electron chi connectivity index (χ3n) is 3.85. The van der Waals surface area contributed by atoms with Crippen LogP contribution in [0.3, 0.4) is 0 Å². The van der Waals surface area contributed by atoms with Gasteiger partial charge in [0.2, 0.25) is 5.91 Å². The van der Waals surface area contributed by atoms with Crippen molar-refractivity contribution in [2.24, 2.45) is 0 Å². The van der Waals surface area contributed by atoms with Crippen LogP contribution in [0.2, 0.25) is 0 Å². The van der Waals surface area contributed by atoms with Crippen molar-refractivity contribution in [2.45, 2.75) is 32.6 Å². The van der Waals surface area contributed by atoms with Crippen LogP contribution in [0.4, 0.5) is 0 Å². The monoisotopic (exact) mass is 311 g/mol. The van der Waals surface area contributed by atoms with Crippen molar-refractivity contribution < 1.29 is 14.8 Å². The molecule has 0 heterocycles. The van der Waals surface area contributed by atoms with Gasteiger partial charge in [0.05, 0.1) is 12.4 Å². The Labute approximate surface area is 137 Å². The molecule has 2 aromatic carbocycles. The Morgan fingerprint density at radius 1 is 1.13 bits per heavy atom. The van der Waals surface area contributed by atoms with E-state index < -0.39 is 13.1 Å². The molecule has 120 valence electrons. The molecule has 0 fully saturated rings. The van der Waals surface area contributed by atoms with E-state index in [0.717, 1.165) is 22.3 Å². The summed E-state index contributed by atoms with van der Waals surface area (Å²) >= 11 is 0.